The van der Waals surface area contributed by atoms with E-state index >= 15 is 0 Å². The van der Waals surface area contributed by atoms with Crippen LogP contribution in [0.3, 0.4) is 0 Å². The first-order chi connectivity index (χ1) is 10.1. The van der Waals surface area contributed by atoms with Crippen LogP contribution in [-0.2, 0) is 4.79 Å². The number of hydrogen-bond donors (Lipinski definition) is 1. The molecular weight excluding hydrogens is 272 g/mol. The lowest BCUT2D eigenvalue weighted by molar-refractivity contribution is -0.137. The van der Waals surface area contributed by atoms with Crippen molar-refractivity contribution in [2.75, 3.05) is 14.2 Å². The molecule has 0 bridgehead atoms. The molecule has 0 aliphatic carbocycles. The minimum Gasteiger partial charge on any atom is -0.493 e. The number of carbonyl (C=O) groups is 2. The summed E-state index contributed by atoms with van der Waals surface area (Å²) in [5, 5.41) is 8.52. The number of Topliss-reactive ketones (excluding diaryl/α,β-unsaturated/α-hetero) is 1. The van der Waals surface area contributed by atoms with E-state index in [-0.39, 0.29) is 12.2 Å². The van der Waals surface area contributed by atoms with E-state index in [9.17, 15) is 9.59 Å². The van der Waals surface area contributed by atoms with Gasteiger partial charge in [-0.3, -0.25) is 9.59 Å². The Labute approximate surface area is 124 Å². The average Bonchev–Trinajstić information content (AvgIpc) is 2.49. The molecule has 0 heterocycles. The van der Waals surface area contributed by atoms with Crippen LogP contribution >= 0.6 is 0 Å². The molecule has 0 aromatic heterocycles. The predicted octanol–water partition coefficient (Wildman–Crippen LogP) is 3.31. The van der Waals surface area contributed by atoms with Crippen molar-refractivity contribution in [3.05, 3.63) is 23.8 Å². The molecule has 1 N–H and O–H groups in total. The molecule has 0 fully saturated rings. The molecule has 0 aliphatic heterocycles. The highest BCUT2D eigenvalue weighted by atomic mass is 16.5. The number of ketones is 1. The van der Waals surface area contributed by atoms with Gasteiger partial charge in [0.2, 0.25) is 0 Å². The highest BCUT2D eigenvalue weighted by molar-refractivity contribution is 5.96. The Balaban J connectivity index is 2.40. The summed E-state index contributed by atoms with van der Waals surface area (Å²) in [7, 11) is 3.09. The van der Waals surface area contributed by atoms with Crippen molar-refractivity contribution in [1.82, 2.24) is 0 Å². The number of carboxylic acid groups (broad SMARTS) is 1. The number of benzene rings is 1. The smallest absolute Gasteiger partial charge is 0.303 e. The summed E-state index contributed by atoms with van der Waals surface area (Å²) in [5.74, 6) is 0.443. The number of unbranched alkanes of at least 4 members (excludes halogenated alkanes) is 3. The molecule has 5 heteroatoms. The van der Waals surface area contributed by atoms with Crippen molar-refractivity contribution >= 4 is 11.8 Å². The summed E-state index contributed by atoms with van der Waals surface area (Å²) in [6, 6.07) is 5.14. The maximum atomic E-state index is 12.1. The van der Waals surface area contributed by atoms with Crippen molar-refractivity contribution in [1.29, 1.82) is 0 Å². The lowest BCUT2D eigenvalue weighted by Crippen LogP contribution is -2.01. The predicted molar refractivity (Wildman–Crippen MR) is 79.2 cm³/mol. The number of aliphatic carboxylic acids is 1. The lowest BCUT2D eigenvalue weighted by atomic mass is 10.0. The van der Waals surface area contributed by atoms with Gasteiger partial charge >= 0.3 is 5.97 Å². The van der Waals surface area contributed by atoms with Crippen LogP contribution in [0.5, 0.6) is 11.5 Å². The second-order valence-electron chi connectivity index (χ2n) is 4.80. The van der Waals surface area contributed by atoms with E-state index in [1.54, 1.807) is 25.3 Å². The van der Waals surface area contributed by atoms with Crippen LogP contribution in [0.25, 0.3) is 0 Å². The van der Waals surface area contributed by atoms with Gasteiger partial charge in [-0.2, -0.15) is 0 Å². The van der Waals surface area contributed by atoms with Gasteiger partial charge < -0.3 is 14.6 Å². The minimum absolute atomic E-state index is 0.0641. The summed E-state index contributed by atoms with van der Waals surface area (Å²) in [6.07, 6.45) is 3.80. The third-order valence-electron chi connectivity index (χ3n) is 3.25. The van der Waals surface area contributed by atoms with Gasteiger partial charge in [0, 0.05) is 18.4 Å². The maximum absolute atomic E-state index is 12.1. The van der Waals surface area contributed by atoms with Crippen LogP contribution in [0.15, 0.2) is 18.2 Å². The molecule has 0 radical (unpaired) electrons. The first-order valence-corrected chi connectivity index (χ1v) is 7.05. The second kappa shape index (κ2) is 9.00. The first kappa shape index (κ1) is 17.0. The number of methoxy groups -OCH3 is 2. The fourth-order valence-electron chi connectivity index (χ4n) is 2.07. The fourth-order valence-corrected chi connectivity index (χ4v) is 2.07. The molecule has 1 aromatic carbocycles. The molecule has 0 spiro atoms. The van der Waals surface area contributed by atoms with Gasteiger partial charge in [-0.1, -0.05) is 12.8 Å². The van der Waals surface area contributed by atoms with Crippen molar-refractivity contribution in [2.24, 2.45) is 0 Å². The van der Waals surface area contributed by atoms with E-state index in [0.29, 0.717) is 29.9 Å². The van der Waals surface area contributed by atoms with Crippen LogP contribution < -0.4 is 9.47 Å². The van der Waals surface area contributed by atoms with Gasteiger partial charge in [-0.05, 0) is 31.0 Å². The molecule has 0 amide bonds. The minimum atomic E-state index is -0.767. The summed E-state index contributed by atoms with van der Waals surface area (Å²) in [5.41, 5.74) is 0.609. The third kappa shape index (κ3) is 5.85. The Kier molecular flexibility index (Phi) is 7.29. The van der Waals surface area contributed by atoms with Gasteiger partial charge in [0.15, 0.2) is 17.3 Å². The van der Waals surface area contributed by atoms with E-state index in [1.807, 2.05) is 0 Å². The largest absolute Gasteiger partial charge is 0.493 e. The number of hydrogen-bond acceptors (Lipinski definition) is 4. The first-order valence-electron chi connectivity index (χ1n) is 7.05. The lowest BCUT2D eigenvalue weighted by Gasteiger charge is -2.09. The van der Waals surface area contributed by atoms with Crippen molar-refractivity contribution in [3.63, 3.8) is 0 Å². The molecular formula is C16H22O5. The van der Waals surface area contributed by atoms with E-state index in [1.165, 1.54) is 7.11 Å². The molecule has 0 saturated carbocycles. The highest BCUT2D eigenvalue weighted by Crippen LogP contribution is 2.28. The van der Waals surface area contributed by atoms with Gasteiger partial charge in [-0.25, -0.2) is 0 Å². The zero-order valence-corrected chi connectivity index (χ0v) is 12.6. The van der Waals surface area contributed by atoms with Crippen molar-refractivity contribution in [2.45, 2.75) is 38.5 Å². The molecule has 1 aromatic rings. The van der Waals surface area contributed by atoms with Gasteiger partial charge in [0.1, 0.15) is 0 Å². The monoisotopic (exact) mass is 294 g/mol. The Morgan fingerprint density at radius 2 is 1.57 bits per heavy atom. The van der Waals surface area contributed by atoms with Crippen LogP contribution in [0.1, 0.15) is 48.9 Å². The average molecular weight is 294 g/mol. The SMILES string of the molecule is COc1ccc(C(=O)CCCCCCC(=O)O)cc1OC. The van der Waals surface area contributed by atoms with Crippen LogP contribution in [0, 0.1) is 0 Å². The van der Waals surface area contributed by atoms with E-state index in [2.05, 4.69) is 0 Å². The normalized spacial score (nSPS) is 10.2. The Hall–Kier alpha value is -2.04. The summed E-state index contributed by atoms with van der Waals surface area (Å²) in [4.78, 5) is 22.4. The van der Waals surface area contributed by atoms with Gasteiger partial charge in [0.25, 0.3) is 0 Å². The molecule has 0 unspecified atom stereocenters. The standard InChI is InChI=1S/C16H22O5/c1-20-14-10-9-12(11-15(14)21-2)13(17)7-5-3-4-6-8-16(18)19/h9-11H,3-8H2,1-2H3,(H,18,19). The number of ether oxygens (including phenoxy) is 2. The Morgan fingerprint density at radius 3 is 2.14 bits per heavy atom. The summed E-state index contributed by atoms with van der Waals surface area (Å²) in [6.45, 7) is 0. The molecule has 0 saturated heterocycles. The second-order valence-corrected chi connectivity index (χ2v) is 4.80. The van der Waals surface area contributed by atoms with Crippen molar-refractivity contribution < 1.29 is 24.2 Å². The Bertz CT molecular complexity index is 482. The van der Waals surface area contributed by atoms with E-state index in [0.717, 1.165) is 19.3 Å². The molecule has 116 valence electrons. The number of rotatable bonds is 10. The van der Waals surface area contributed by atoms with E-state index < -0.39 is 5.97 Å². The van der Waals surface area contributed by atoms with Crippen LogP contribution in [0.2, 0.25) is 0 Å². The van der Waals surface area contributed by atoms with Crippen LogP contribution in [-0.4, -0.2) is 31.1 Å². The molecule has 21 heavy (non-hydrogen) atoms. The summed E-state index contributed by atoms with van der Waals surface area (Å²) < 4.78 is 10.3. The molecule has 5 nitrogen and oxygen atoms in total. The van der Waals surface area contributed by atoms with Crippen molar-refractivity contribution in [3.8, 4) is 11.5 Å². The third-order valence-corrected chi connectivity index (χ3v) is 3.25. The van der Waals surface area contributed by atoms with Gasteiger partial charge in [-0.15, -0.1) is 0 Å². The number of carbonyl (C=O) groups excluding carboxylic acids is 1. The molecule has 0 aliphatic rings. The fraction of sp³-hybridized carbons (Fsp3) is 0.500. The summed E-state index contributed by atoms with van der Waals surface area (Å²) >= 11 is 0. The zero-order chi connectivity index (χ0) is 15.7. The zero-order valence-electron chi connectivity index (χ0n) is 12.6. The highest BCUT2D eigenvalue weighted by Gasteiger charge is 2.10. The topological polar surface area (TPSA) is 72.8 Å². The van der Waals surface area contributed by atoms with Crippen LogP contribution in [0.4, 0.5) is 0 Å². The molecule has 1 rings (SSSR count). The quantitative estimate of drug-likeness (QED) is 0.529. The number of carboxylic acids is 1. The molecule has 0 atom stereocenters. The Morgan fingerprint density at radius 1 is 0.952 bits per heavy atom. The van der Waals surface area contributed by atoms with Gasteiger partial charge in [0.05, 0.1) is 14.2 Å². The maximum Gasteiger partial charge on any atom is 0.303 e. The van der Waals surface area contributed by atoms with E-state index in [4.69, 9.17) is 14.6 Å².